The van der Waals surface area contributed by atoms with Crippen molar-refractivity contribution < 1.29 is 19.4 Å². The van der Waals surface area contributed by atoms with E-state index in [1.165, 1.54) is 167 Å². The van der Waals surface area contributed by atoms with Crippen molar-refractivity contribution in [1.29, 1.82) is 0 Å². The Morgan fingerprint density at radius 2 is 0.682 bits per heavy atom. The molecule has 0 saturated carbocycles. The average Bonchev–Trinajstić information content (AvgIpc) is 3.01. The van der Waals surface area contributed by atoms with E-state index < -0.39 is 5.97 Å². The number of carboxylic acid groups (broad SMARTS) is 1. The number of rotatable bonds is 37. The third-order valence-electron chi connectivity index (χ3n) is 9.33. The van der Waals surface area contributed by atoms with E-state index in [1.807, 2.05) is 0 Å². The summed E-state index contributed by atoms with van der Waals surface area (Å²) < 4.78 is 5.89. The molecule has 0 aliphatic rings. The molecular weight excluding hydrogens is 544 g/mol. The van der Waals surface area contributed by atoms with E-state index in [2.05, 4.69) is 13.8 Å². The number of ether oxygens (including phenoxy) is 1. The van der Waals surface area contributed by atoms with Crippen molar-refractivity contribution in [3.05, 3.63) is 0 Å². The Kier molecular flexibility index (Phi) is 35.5. The van der Waals surface area contributed by atoms with Crippen LogP contribution >= 0.6 is 0 Å². The predicted octanol–water partition coefficient (Wildman–Crippen LogP) is 13.7. The lowest BCUT2D eigenvalue weighted by Crippen LogP contribution is -2.18. The number of hydrogen-bond donors (Lipinski definition) is 1. The molecule has 0 aliphatic heterocycles. The molecule has 0 rings (SSSR count). The highest BCUT2D eigenvalue weighted by atomic mass is 16.5. The lowest BCUT2D eigenvalue weighted by Gasteiger charge is -2.18. The quantitative estimate of drug-likeness (QED) is 0.0553. The molecule has 1 atom stereocenters. The molecule has 44 heavy (non-hydrogen) atoms. The van der Waals surface area contributed by atoms with Crippen LogP contribution in [0.4, 0.5) is 0 Å². The van der Waals surface area contributed by atoms with Gasteiger partial charge >= 0.3 is 11.9 Å². The minimum atomic E-state index is -0.738. The monoisotopic (exact) mass is 623 g/mol. The van der Waals surface area contributed by atoms with Gasteiger partial charge in [-0.25, -0.2) is 0 Å². The van der Waals surface area contributed by atoms with Gasteiger partial charge in [-0.05, 0) is 38.5 Å². The molecule has 0 amide bonds. The summed E-state index contributed by atoms with van der Waals surface area (Å²) in [5.41, 5.74) is 0. The fourth-order valence-corrected chi connectivity index (χ4v) is 6.36. The zero-order valence-electron chi connectivity index (χ0n) is 30.0. The van der Waals surface area contributed by atoms with Gasteiger partial charge in [-0.1, -0.05) is 187 Å². The molecule has 0 aromatic carbocycles. The standard InChI is InChI=1S/C40H78O4/c1-3-5-7-9-11-13-15-16-17-18-19-20-21-22-23-25-27-29-31-37-40(43)44-38(35-32-33-36-39(41)42)34-30-28-26-24-14-12-10-8-6-4-2/h38H,3-37H2,1-2H3,(H,41,42). The number of hydrogen-bond acceptors (Lipinski definition) is 3. The molecule has 0 saturated heterocycles. The Balaban J connectivity index is 3.74. The maximum absolute atomic E-state index is 12.5. The molecule has 262 valence electrons. The van der Waals surface area contributed by atoms with Gasteiger partial charge < -0.3 is 9.84 Å². The SMILES string of the molecule is CCCCCCCCCCCCCCCCCCCCCC(=O)OC(CCCCCCCCCCCC)CCCCC(=O)O. The second kappa shape index (κ2) is 36.4. The first-order chi connectivity index (χ1) is 21.6. The average molecular weight is 623 g/mol. The summed E-state index contributed by atoms with van der Waals surface area (Å²) in [6, 6.07) is 0. The third-order valence-corrected chi connectivity index (χ3v) is 9.33. The summed E-state index contributed by atoms with van der Waals surface area (Å²) in [7, 11) is 0. The van der Waals surface area contributed by atoms with Crippen LogP contribution in [-0.2, 0) is 14.3 Å². The van der Waals surface area contributed by atoms with Crippen molar-refractivity contribution in [2.75, 3.05) is 0 Å². The van der Waals surface area contributed by atoms with Gasteiger partial charge in [0.05, 0.1) is 0 Å². The molecule has 1 N–H and O–H groups in total. The van der Waals surface area contributed by atoms with Crippen LogP contribution in [-0.4, -0.2) is 23.1 Å². The number of carboxylic acids is 1. The predicted molar refractivity (Wildman–Crippen MR) is 190 cm³/mol. The fraction of sp³-hybridized carbons (Fsp3) is 0.950. The largest absolute Gasteiger partial charge is 0.481 e. The van der Waals surface area contributed by atoms with Crippen LogP contribution in [0, 0.1) is 0 Å². The Morgan fingerprint density at radius 3 is 1.02 bits per heavy atom. The molecule has 1 unspecified atom stereocenters. The lowest BCUT2D eigenvalue weighted by molar-refractivity contribution is -0.150. The van der Waals surface area contributed by atoms with Gasteiger partial charge in [0, 0.05) is 12.8 Å². The van der Waals surface area contributed by atoms with E-state index >= 15 is 0 Å². The van der Waals surface area contributed by atoms with Crippen LogP contribution in [0.2, 0.25) is 0 Å². The van der Waals surface area contributed by atoms with Crippen LogP contribution in [0.5, 0.6) is 0 Å². The second-order valence-electron chi connectivity index (χ2n) is 13.8. The van der Waals surface area contributed by atoms with Crippen LogP contribution in [0.25, 0.3) is 0 Å². The lowest BCUT2D eigenvalue weighted by atomic mass is 10.0. The highest BCUT2D eigenvalue weighted by Crippen LogP contribution is 2.19. The minimum Gasteiger partial charge on any atom is -0.481 e. The van der Waals surface area contributed by atoms with E-state index in [4.69, 9.17) is 9.84 Å². The Hall–Kier alpha value is -1.06. The molecule has 0 aliphatic carbocycles. The first kappa shape index (κ1) is 42.9. The van der Waals surface area contributed by atoms with Gasteiger partial charge in [0.1, 0.15) is 6.10 Å². The van der Waals surface area contributed by atoms with Crippen LogP contribution in [0.1, 0.15) is 239 Å². The maximum Gasteiger partial charge on any atom is 0.306 e. The van der Waals surface area contributed by atoms with Gasteiger partial charge in [0.2, 0.25) is 0 Å². The van der Waals surface area contributed by atoms with Crippen LogP contribution < -0.4 is 0 Å². The van der Waals surface area contributed by atoms with Gasteiger partial charge in [0.15, 0.2) is 0 Å². The summed E-state index contributed by atoms with van der Waals surface area (Å²) in [6.45, 7) is 4.55. The molecule has 0 fully saturated rings. The number of carbonyl (C=O) groups is 2. The maximum atomic E-state index is 12.5. The van der Waals surface area contributed by atoms with Crippen molar-refractivity contribution in [3.63, 3.8) is 0 Å². The zero-order chi connectivity index (χ0) is 32.2. The Morgan fingerprint density at radius 1 is 0.409 bits per heavy atom. The smallest absolute Gasteiger partial charge is 0.306 e. The summed E-state index contributed by atoms with van der Waals surface area (Å²) in [5.74, 6) is -0.787. The fourth-order valence-electron chi connectivity index (χ4n) is 6.36. The highest BCUT2D eigenvalue weighted by Gasteiger charge is 2.14. The number of carbonyl (C=O) groups excluding carboxylic acids is 1. The number of unbranched alkanes of at least 4 members (excludes halogenated alkanes) is 28. The summed E-state index contributed by atoms with van der Waals surface area (Å²) in [6.07, 6.45) is 42.7. The minimum absolute atomic E-state index is 0.0364. The first-order valence-electron chi connectivity index (χ1n) is 20.0. The number of aliphatic carboxylic acids is 1. The number of esters is 1. The van der Waals surface area contributed by atoms with Crippen molar-refractivity contribution in [2.45, 2.75) is 245 Å². The Bertz CT molecular complexity index is 590. The zero-order valence-corrected chi connectivity index (χ0v) is 30.0. The van der Waals surface area contributed by atoms with Crippen molar-refractivity contribution in [3.8, 4) is 0 Å². The normalized spacial score (nSPS) is 12.0. The summed E-state index contributed by atoms with van der Waals surface area (Å²) in [5, 5.41) is 8.93. The molecule has 0 aromatic heterocycles. The summed E-state index contributed by atoms with van der Waals surface area (Å²) >= 11 is 0. The van der Waals surface area contributed by atoms with E-state index in [0.717, 1.165) is 38.5 Å². The third kappa shape index (κ3) is 35.4. The van der Waals surface area contributed by atoms with Gasteiger partial charge in [-0.2, -0.15) is 0 Å². The van der Waals surface area contributed by atoms with Crippen LogP contribution in [0.15, 0.2) is 0 Å². The highest BCUT2D eigenvalue weighted by molar-refractivity contribution is 5.69. The molecule has 4 nitrogen and oxygen atoms in total. The van der Waals surface area contributed by atoms with Gasteiger partial charge in [-0.3, -0.25) is 9.59 Å². The molecule has 0 heterocycles. The molecular formula is C40H78O4. The Labute approximate surface area is 275 Å². The molecule has 0 radical (unpaired) electrons. The van der Waals surface area contributed by atoms with Crippen molar-refractivity contribution >= 4 is 11.9 Å². The van der Waals surface area contributed by atoms with Gasteiger partial charge in [-0.15, -0.1) is 0 Å². The molecule has 0 aromatic rings. The summed E-state index contributed by atoms with van der Waals surface area (Å²) in [4.78, 5) is 23.4. The van der Waals surface area contributed by atoms with Crippen molar-refractivity contribution in [2.24, 2.45) is 0 Å². The topological polar surface area (TPSA) is 63.6 Å². The molecule has 4 heteroatoms. The second-order valence-corrected chi connectivity index (χ2v) is 13.8. The van der Waals surface area contributed by atoms with E-state index in [1.54, 1.807) is 0 Å². The van der Waals surface area contributed by atoms with E-state index in [9.17, 15) is 9.59 Å². The van der Waals surface area contributed by atoms with E-state index in [-0.39, 0.29) is 18.5 Å². The van der Waals surface area contributed by atoms with Crippen molar-refractivity contribution in [1.82, 2.24) is 0 Å². The molecule has 0 spiro atoms. The van der Waals surface area contributed by atoms with Gasteiger partial charge in [0.25, 0.3) is 0 Å². The molecule has 0 bridgehead atoms. The van der Waals surface area contributed by atoms with E-state index in [0.29, 0.717) is 12.8 Å². The van der Waals surface area contributed by atoms with Crippen LogP contribution in [0.3, 0.4) is 0 Å². The first-order valence-corrected chi connectivity index (χ1v) is 20.0.